The van der Waals surface area contributed by atoms with E-state index in [4.69, 9.17) is 5.11 Å². The van der Waals surface area contributed by atoms with Gasteiger partial charge in [-0.1, -0.05) is 13.0 Å². The van der Waals surface area contributed by atoms with E-state index in [0.29, 0.717) is 11.6 Å². The average molecular weight is 262 g/mol. The van der Waals surface area contributed by atoms with Crippen molar-refractivity contribution in [1.82, 2.24) is 4.90 Å². The highest BCUT2D eigenvalue weighted by Gasteiger charge is 2.29. The summed E-state index contributed by atoms with van der Waals surface area (Å²) in [6.45, 7) is 4.89. The van der Waals surface area contributed by atoms with E-state index in [0.717, 1.165) is 13.0 Å². The Hall–Kier alpha value is -2.04. The largest absolute Gasteiger partial charge is 0.478 e. The van der Waals surface area contributed by atoms with Crippen LogP contribution in [-0.2, 0) is 0 Å². The highest BCUT2D eigenvalue weighted by atomic mass is 16.4. The minimum absolute atomic E-state index is 0.167. The lowest BCUT2D eigenvalue weighted by molar-refractivity contribution is 0.0697. The topological polar surface area (TPSA) is 69.6 Å². The van der Waals surface area contributed by atoms with Gasteiger partial charge in [-0.3, -0.25) is 0 Å². The van der Waals surface area contributed by atoms with Gasteiger partial charge in [-0.05, 0) is 37.5 Å². The van der Waals surface area contributed by atoms with Gasteiger partial charge in [0.05, 0.1) is 5.56 Å². The third-order valence-corrected chi connectivity index (χ3v) is 3.41. The summed E-state index contributed by atoms with van der Waals surface area (Å²) in [5.41, 5.74) is 0.678. The van der Waals surface area contributed by atoms with E-state index in [2.05, 4.69) is 12.2 Å². The molecule has 1 heterocycles. The highest BCUT2D eigenvalue weighted by molar-refractivity contribution is 5.93. The SMILES string of the molecule is CC1CC(C)N(C(=O)Nc2cccc(C(=O)O)c2)C1. The standard InChI is InChI=1S/C14H18N2O3/c1-9-6-10(2)16(8-9)14(19)15-12-5-3-4-11(7-12)13(17)18/h3-5,7,9-10H,6,8H2,1-2H3,(H,15,19)(H,17,18). The number of rotatable bonds is 2. The van der Waals surface area contributed by atoms with Crippen LogP contribution in [-0.4, -0.2) is 34.6 Å². The Morgan fingerprint density at radius 3 is 2.68 bits per heavy atom. The van der Waals surface area contributed by atoms with E-state index in [-0.39, 0.29) is 17.6 Å². The molecule has 2 unspecified atom stereocenters. The van der Waals surface area contributed by atoms with Crippen molar-refractivity contribution in [2.75, 3.05) is 11.9 Å². The number of hydrogen-bond acceptors (Lipinski definition) is 2. The van der Waals surface area contributed by atoms with Gasteiger partial charge in [0.25, 0.3) is 0 Å². The molecular formula is C14H18N2O3. The summed E-state index contributed by atoms with van der Waals surface area (Å²) in [6, 6.07) is 6.32. The van der Waals surface area contributed by atoms with Crippen LogP contribution in [0.2, 0.25) is 0 Å². The smallest absolute Gasteiger partial charge is 0.335 e. The molecule has 0 radical (unpaired) electrons. The summed E-state index contributed by atoms with van der Waals surface area (Å²) in [7, 11) is 0. The fourth-order valence-electron chi connectivity index (χ4n) is 2.51. The van der Waals surface area contributed by atoms with Gasteiger partial charge in [0, 0.05) is 18.3 Å². The van der Waals surface area contributed by atoms with Gasteiger partial charge in [-0.25, -0.2) is 9.59 Å². The quantitative estimate of drug-likeness (QED) is 0.860. The Labute approximate surface area is 112 Å². The molecular weight excluding hydrogens is 244 g/mol. The molecule has 0 spiro atoms. The first-order valence-corrected chi connectivity index (χ1v) is 6.38. The fraction of sp³-hybridized carbons (Fsp3) is 0.429. The van der Waals surface area contributed by atoms with Crippen LogP contribution in [0.4, 0.5) is 10.5 Å². The molecule has 2 N–H and O–H groups in total. The van der Waals surface area contributed by atoms with Crippen LogP contribution in [0.15, 0.2) is 24.3 Å². The molecule has 102 valence electrons. The number of benzene rings is 1. The predicted molar refractivity (Wildman–Crippen MR) is 72.4 cm³/mol. The lowest BCUT2D eigenvalue weighted by Crippen LogP contribution is -2.37. The number of carbonyl (C=O) groups is 2. The van der Waals surface area contributed by atoms with Crippen molar-refractivity contribution >= 4 is 17.7 Å². The molecule has 1 aromatic rings. The van der Waals surface area contributed by atoms with Crippen LogP contribution in [0.25, 0.3) is 0 Å². The second kappa shape index (κ2) is 5.30. The van der Waals surface area contributed by atoms with Gasteiger partial charge < -0.3 is 15.3 Å². The minimum atomic E-state index is -1.00. The monoisotopic (exact) mass is 262 g/mol. The summed E-state index contributed by atoms with van der Waals surface area (Å²) in [4.78, 5) is 24.8. The molecule has 0 aromatic heterocycles. The molecule has 2 rings (SSSR count). The van der Waals surface area contributed by atoms with E-state index >= 15 is 0 Å². The van der Waals surface area contributed by atoms with E-state index < -0.39 is 5.97 Å². The van der Waals surface area contributed by atoms with E-state index in [9.17, 15) is 9.59 Å². The molecule has 0 bridgehead atoms. The van der Waals surface area contributed by atoms with Crippen molar-refractivity contribution < 1.29 is 14.7 Å². The lowest BCUT2D eigenvalue weighted by atomic mass is 10.1. The molecule has 2 amide bonds. The van der Waals surface area contributed by atoms with Crippen molar-refractivity contribution in [2.45, 2.75) is 26.3 Å². The molecule has 1 fully saturated rings. The maximum atomic E-state index is 12.1. The lowest BCUT2D eigenvalue weighted by Gasteiger charge is -2.22. The van der Waals surface area contributed by atoms with Crippen molar-refractivity contribution in [1.29, 1.82) is 0 Å². The molecule has 1 aliphatic rings. The average Bonchev–Trinajstić information content (AvgIpc) is 2.69. The number of likely N-dealkylation sites (tertiary alicyclic amines) is 1. The number of anilines is 1. The number of carbonyl (C=O) groups excluding carboxylic acids is 1. The van der Waals surface area contributed by atoms with Gasteiger partial charge in [-0.2, -0.15) is 0 Å². The van der Waals surface area contributed by atoms with Crippen LogP contribution < -0.4 is 5.32 Å². The second-order valence-corrected chi connectivity index (χ2v) is 5.16. The zero-order chi connectivity index (χ0) is 14.0. The molecule has 1 aromatic carbocycles. The van der Waals surface area contributed by atoms with Crippen LogP contribution in [0.1, 0.15) is 30.6 Å². The minimum Gasteiger partial charge on any atom is -0.478 e. The molecule has 1 aliphatic heterocycles. The van der Waals surface area contributed by atoms with E-state index in [1.54, 1.807) is 17.0 Å². The Bertz CT molecular complexity index is 501. The summed E-state index contributed by atoms with van der Waals surface area (Å²) < 4.78 is 0. The Kier molecular flexibility index (Phi) is 3.74. The van der Waals surface area contributed by atoms with E-state index in [1.807, 2.05) is 6.92 Å². The number of hydrogen-bond donors (Lipinski definition) is 2. The molecule has 5 nitrogen and oxygen atoms in total. The number of aromatic carboxylic acids is 1. The van der Waals surface area contributed by atoms with Crippen molar-refractivity contribution in [3.05, 3.63) is 29.8 Å². The van der Waals surface area contributed by atoms with Crippen LogP contribution in [0, 0.1) is 5.92 Å². The Balaban J connectivity index is 2.07. The fourth-order valence-corrected chi connectivity index (χ4v) is 2.51. The molecule has 2 atom stereocenters. The van der Waals surface area contributed by atoms with Crippen molar-refractivity contribution in [3.63, 3.8) is 0 Å². The first-order valence-electron chi connectivity index (χ1n) is 6.38. The van der Waals surface area contributed by atoms with Crippen LogP contribution in [0.5, 0.6) is 0 Å². The highest BCUT2D eigenvalue weighted by Crippen LogP contribution is 2.23. The molecule has 5 heteroatoms. The molecule has 0 aliphatic carbocycles. The predicted octanol–water partition coefficient (Wildman–Crippen LogP) is 2.65. The summed E-state index contributed by atoms with van der Waals surface area (Å²) >= 11 is 0. The maximum Gasteiger partial charge on any atom is 0.335 e. The number of carboxylic acids is 1. The van der Waals surface area contributed by atoms with Crippen molar-refractivity contribution in [3.8, 4) is 0 Å². The number of carboxylic acid groups (broad SMARTS) is 1. The molecule has 0 saturated carbocycles. The first kappa shape index (κ1) is 13.4. The molecule has 1 saturated heterocycles. The summed E-state index contributed by atoms with van der Waals surface area (Å²) in [5, 5.41) is 11.7. The third-order valence-electron chi connectivity index (χ3n) is 3.41. The normalized spacial score (nSPS) is 22.3. The van der Waals surface area contributed by atoms with Gasteiger partial charge >= 0.3 is 12.0 Å². The van der Waals surface area contributed by atoms with E-state index in [1.165, 1.54) is 12.1 Å². The maximum absolute atomic E-state index is 12.1. The second-order valence-electron chi connectivity index (χ2n) is 5.16. The number of amides is 2. The van der Waals surface area contributed by atoms with Gasteiger partial charge in [0.2, 0.25) is 0 Å². The molecule has 19 heavy (non-hydrogen) atoms. The van der Waals surface area contributed by atoms with Crippen LogP contribution in [0.3, 0.4) is 0 Å². The van der Waals surface area contributed by atoms with Gasteiger partial charge in [0.1, 0.15) is 0 Å². The van der Waals surface area contributed by atoms with Gasteiger partial charge in [0.15, 0.2) is 0 Å². The number of urea groups is 1. The number of nitrogens with zero attached hydrogens (tertiary/aromatic N) is 1. The Morgan fingerprint density at radius 2 is 2.11 bits per heavy atom. The zero-order valence-corrected chi connectivity index (χ0v) is 11.1. The van der Waals surface area contributed by atoms with Crippen LogP contribution >= 0.6 is 0 Å². The summed E-state index contributed by atoms with van der Waals surface area (Å²) in [5.74, 6) is -0.495. The van der Waals surface area contributed by atoms with Crippen molar-refractivity contribution in [2.24, 2.45) is 5.92 Å². The zero-order valence-electron chi connectivity index (χ0n) is 11.1. The Morgan fingerprint density at radius 1 is 1.37 bits per heavy atom. The van der Waals surface area contributed by atoms with Gasteiger partial charge in [-0.15, -0.1) is 0 Å². The number of nitrogens with one attached hydrogen (secondary N) is 1. The summed E-state index contributed by atoms with van der Waals surface area (Å²) in [6.07, 6.45) is 1.00. The first-order chi connectivity index (χ1) is 8.97. The third kappa shape index (κ3) is 3.05.